The van der Waals surface area contributed by atoms with Crippen molar-refractivity contribution >= 4 is 17.6 Å². The summed E-state index contributed by atoms with van der Waals surface area (Å²) in [5.74, 6) is -2.79. The Bertz CT molecular complexity index is 637. The van der Waals surface area contributed by atoms with E-state index >= 15 is 0 Å². The van der Waals surface area contributed by atoms with E-state index in [1.54, 1.807) is 12.2 Å². The topological polar surface area (TPSA) is 75.6 Å². The van der Waals surface area contributed by atoms with Gasteiger partial charge in [0.25, 0.3) is 0 Å². The Hall–Kier alpha value is -2.14. The molecule has 110 valence electrons. The van der Waals surface area contributed by atoms with E-state index in [-0.39, 0.29) is 5.91 Å². The summed E-state index contributed by atoms with van der Waals surface area (Å²) < 4.78 is 5.51. The number of rotatable bonds is 3. The molecular weight excluding hydrogens is 270 g/mol. The number of ether oxygens (including phenoxy) is 1. The number of amides is 1. The number of carboxylic acid groups (broad SMARTS) is 1. The van der Waals surface area contributed by atoms with Gasteiger partial charge in [0.05, 0.1) is 18.1 Å². The number of carboxylic acids is 1. The molecule has 1 saturated heterocycles. The summed E-state index contributed by atoms with van der Waals surface area (Å²) in [6.45, 7) is 3.89. The number of aryl methyl sites for hydroxylation is 2. The van der Waals surface area contributed by atoms with Gasteiger partial charge in [-0.1, -0.05) is 29.8 Å². The Labute approximate surface area is 122 Å². The Morgan fingerprint density at radius 1 is 1.14 bits per heavy atom. The Kier molecular flexibility index (Phi) is 3.29. The fraction of sp³-hybridized carbons (Fsp3) is 0.375. The van der Waals surface area contributed by atoms with Gasteiger partial charge in [0.1, 0.15) is 5.92 Å². The number of hydrogen-bond acceptors (Lipinski definition) is 3. The number of fused-ring (bicyclic) bond motifs is 2. The highest BCUT2D eigenvalue weighted by atomic mass is 16.5. The molecule has 2 bridgehead atoms. The van der Waals surface area contributed by atoms with Crippen LogP contribution in [0.4, 0.5) is 5.69 Å². The molecule has 1 amide bonds. The molecule has 0 spiro atoms. The van der Waals surface area contributed by atoms with Gasteiger partial charge in [0, 0.05) is 5.69 Å². The van der Waals surface area contributed by atoms with Gasteiger partial charge in [0.15, 0.2) is 0 Å². The molecule has 0 radical (unpaired) electrons. The zero-order valence-corrected chi connectivity index (χ0v) is 11.9. The first-order valence-corrected chi connectivity index (χ1v) is 6.92. The zero-order valence-electron chi connectivity index (χ0n) is 11.9. The van der Waals surface area contributed by atoms with Crippen molar-refractivity contribution in [3.63, 3.8) is 0 Å². The summed E-state index contributed by atoms with van der Waals surface area (Å²) in [5.41, 5.74) is 2.77. The fourth-order valence-electron chi connectivity index (χ4n) is 3.08. The van der Waals surface area contributed by atoms with E-state index in [2.05, 4.69) is 5.32 Å². The van der Waals surface area contributed by atoms with Crippen LogP contribution in [0.15, 0.2) is 30.4 Å². The molecule has 4 atom stereocenters. The van der Waals surface area contributed by atoms with Gasteiger partial charge in [0.2, 0.25) is 5.91 Å². The van der Waals surface area contributed by atoms with E-state index in [0.717, 1.165) is 11.1 Å². The summed E-state index contributed by atoms with van der Waals surface area (Å²) in [4.78, 5) is 23.8. The summed E-state index contributed by atoms with van der Waals surface area (Å²) in [6, 6.07) is 5.72. The molecule has 0 saturated carbocycles. The second kappa shape index (κ2) is 5.00. The summed E-state index contributed by atoms with van der Waals surface area (Å²) >= 11 is 0. The Balaban J connectivity index is 1.82. The third kappa shape index (κ3) is 2.34. The van der Waals surface area contributed by atoms with Crippen molar-refractivity contribution in [3.8, 4) is 0 Å². The fourth-order valence-corrected chi connectivity index (χ4v) is 3.08. The van der Waals surface area contributed by atoms with Crippen LogP contribution in [0.1, 0.15) is 11.1 Å². The van der Waals surface area contributed by atoms with Gasteiger partial charge in [-0.2, -0.15) is 0 Å². The molecule has 0 aromatic heterocycles. The van der Waals surface area contributed by atoms with Crippen LogP contribution in [0.2, 0.25) is 0 Å². The first kappa shape index (κ1) is 13.8. The zero-order chi connectivity index (χ0) is 15.1. The van der Waals surface area contributed by atoms with E-state index in [0.29, 0.717) is 5.69 Å². The Morgan fingerprint density at radius 2 is 1.81 bits per heavy atom. The van der Waals surface area contributed by atoms with Crippen LogP contribution in [-0.2, 0) is 14.3 Å². The highest BCUT2D eigenvalue weighted by Crippen LogP contribution is 2.40. The standard InChI is InChI=1S/C16H17NO4/c1-8-3-4-10(9(2)7-8)17-15(18)13-11-5-6-12(21-11)14(13)16(19)20/h3-7,11-14H,1-2H3,(H,17,18)(H,19,20)/t11-,12+,13-,14+/m1/s1. The predicted molar refractivity (Wildman–Crippen MR) is 77.0 cm³/mol. The van der Waals surface area contributed by atoms with Crippen molar-refractivity contribution in [2.45, 2.75) is 26.1 Å². The van der Waals surface area contributed by atoms with Crippen molar-refractivity contribution in [3.05, 3.63) is 41.5 Å². The number of aliphatic carboxylic acids is 1. The van der Waals surface area contributed by atoms with Crippen molar-refractivity contribution in [2.24, 2.45) is 11.8 Å². The molecule has 1 aromatic carbocycles. The van der Waals surface area contributed by atoms with Gasteiger partial charge in [-0.05, 0) is 25.5 Å². The summed E-state index contributed by atoms with van der Waals surface area (Å²) in [7, 11) is 0. The minimum Gasteiger partial charge on any atom is -0.481 e. The Morgan fingerprint density at radius 3 is 2.43 bits per heavy atom. The third-order valence-electron chi connectivity index (χ3n) is 4.13. The first-order valence-electron chi connectivity index (χ1n) is 6.92. The van der Waals surface area contributed by atoms with Crippen LogP contribution in [0, 0.1) is 25.7 Å². The van der Waals surface area contributed by atoms with Crippen molar-refractivity contribution in [1.82, 2.24) is 0 Å². The molecule has 2 N–H and O–H groups in total. The molecule has 1 fully saturated rings. The molecule has 0 aliphatic carbocycles. The molecule has 21 heavy (non-hydrogen) atoms. The monoisotopic (exact) mass is 287 g/mol. The van der Waals surface area contributed by atoms with Crippen molar-refractivity contribution < 1.29 is 19.4 Å². The minimum atomic E-state index is -0.993. The van der Waals surface area contributed by atoms with E-state index in [9.17, 15) is 14.7 Å². The number of hydrogen-bond donors (Lipinski definition) is 2. The number of benzene rings is 1. The molecule has 5 heteroatoms. The van der Waals surface area contributed by atoms with Gasteiger partial charge >= 0.3 is 5.97 Å². The molecule has 1 aromatic rings. The lowest BCUT2D eigenvalue weighted by Gasteiger charge is -2.21. The maximum atomic E-state index is 12.5. The number of anilines is 1. The largest absolute Gasteiger partial charge is 0.481 e. The summed E-state index contributed by atoms with van der Waals surface area (Å²) in [5, 5.41) is 12.2. The lowest BCUT2D eigenvalue weighted by molar-refractivity contribution is -0.145. The maximum absolute atomic E-state index is 12.5. The smallest absolute Gasteiger partial charge is 0.310 e. The molecule has 3 rings (SSSR count). The molecule has 5 nitrogen and oxygen atoms in total. The van der Waals surface area contributed by atoms with Crippen LogP contribution >= 0.6 is 0 Å². The minimum absolute atomic E-state index is 0.300. The highest BCUT2D eigenvalue weighted by Gasteiger charge is 2.53. The maximum Gasteiger partial charge on any atom is 0.310 e. The lowest BCUT2D eigenvalue weighted by atomic mass is 9.82. The van der Waals surface area contributed by atoms with Crippen LogP contribution in [0.5, 0.6) is 0 Å². The second-order valence-corrected chi connectivity index (χ2v) is 5.65. The summed E-state index contributed by atoms with van der Waals surface area (Å²) in [6.07, 6.45) is 2.56. The van der Waals surface area contributed by atoms with E-state index in [4.69, 9.17) is 4.74 Å². The van der Waals surface area contributed by atoms with Gasteiger partial charge in [-0.25, -0.2) is 0 Å². The average molecular weight is 287 g/mol. The highest BCUT2D eigenvalue weighted by molar-refractivity contribution is 5.97. The SMILES string of the molecule is Cc1ccc(NC(=O)[C@H]2[C@@H](C(=O)O)[C@@H]3C=C[C@H]2O3)c(C)c1. The first-order chi connectivity index (χ1) is 9.97. The van der Waals surface area contributed by atoms with Crippen LogP contribution in [0.25, 0.3) is 0 Å². The number of carbonyl (C=O) groups is 2. The lowest BCUT2D eigenvalue weighted by Crippen LogP contribution is -2.39. The number of nitrogens with one attached hydrogen (secondary N) is 1. The molecule has 2 aliphatic rings. The van der Waals surface area contributed by atoms with E-state index < -0.39 is 30.0 Å². The van der Waals surface area contributed by atoms with Gasteiger partial charge in [-0.3, -0.25) is 9.59 Å². The average Bonchev–Trinajstić information content (AvgIpc) is 3.02. The normalized spacial score (nSPS) is 29.6. The molecule has 2 aliphatic heterocycles. The number of carbonyl (C=O) groups excluding carboxylic acids is 1. The quantitative estimate of drug-likeness (QED) is 0.833. The van der Waals surface area contributed by atoms with Gasteiger partial charge in [-0.15, -0.1) is 0 Å². The van der Waals surface area contributed by atoms with Crippen molar-refractivity contribution in [2.75, 3.05) is 5.32 Å². The van der Waals surface area contributed by atoms with Crippen LogP contribution < -0.4 is 5.32 Å². The second-order valence-electron chi connectivity index (χ2n) is 5.65. The van der Waals surface area contributed by atoms with Crippen LogP contribution in [-0.4, -0.2) is 29.2 Å². The predicted octanol–water partition coefficient (Wildman–Crippen LogP) is 1.90. The van der Waals surface area contributed by atoms with E-state index in [1.807, 2.05) is 32.0 Å². The van der Waals surface area contributed by atoms with Gasteiger partial charge < -0.3 is 15.2 Å². The van der Waals surface area contributed by atoms with Crippen LogP contribution in [0.3, 0.4) is 0 Å². The van der Waals surface area contributed by atoms with E-state index in [1.165, 1.54) is 0 Å². The molecule has 2 heterocycles. The van der Waals surface area contributed by atoms with Crippen molar-refractivity contribution in [1.29, 1.82) is 0 Å². The molecule has 0 unspecified atom stereocenters. The third-order valence-corrected chi connectivity index (χ3v) is 4.13. The molecular formula is C16H17NO4.